The molecule has 1 unspecified atom stereocenters. The molecule has 82 valence electrons. The van der Waals surface area contributed by atoms with Crippen LogP contribution in [0, 0.1) is 0 Å². The fourth-order valence-corrected chi connectivity index (χ4v) is 1.23. The average Bonchev–Trinajstić information content (AvgIpc) is 2.49. The van der Waals surface area contributed by atoms with Crippen LogP contribution in [0.25, 0.3) is 0 Å². The van der Waals surface area contributed by atoms with Gasteiger partial charge in [-0.2, -0.15) is 0 Å². The average molecular weight is 231 g/mol. The van der Waals surface area contributed by atoms with Gasteiger partial charge in [-0.3, -0.25) is 9.59 Å². The summed E-state index contributed by atoms with van der Waals surface area (Å²) in [4.78, 5) is 22.0. The first-order valence-corrected chi connectivity index (χ1v) is 4.71. The summed E-state index contributed by atoms with van der Waals surface area (Å²) in [6.07, 6.45) is 0.0835. The highest BCUT2D eigenvalue weighted by Crippen LogP contribution is 2.12. The van der Waals surface area contributed by atoms with Crippen LogP contribution in [-0.4, -0.2) is 17.9 Å². The third-order valence-corrected chi connectivity index (χ3v) is 1.88. The monoisotopic (exact) mass is 230 g/mol. The van der Waals surface area contributed by atoms with Gasteiger partial charge in [-0.1, -0.05) is 0 Å². The maximum Gasteiger partial charge on any atom is 0.287 e. The van der Waals surface area contributed by atoms with E-state index in [1.165, 1.54) is 12.1 Å². The molecule has 5 nitrogen and oxygen atoms in total. The zero-order valence-electron chi connectivity index (χ0n) is 8.12. The number of nitrogens with one attached hydrogen (secondary N) is 1. The molecule has 1 aromatic rings. The van der Waals surface area contributed by atoms with E-state index in [2.05, 4.69) is 5.32 Å². The van der Waals surface area contributed by atoms with Crippen LogP contribution in [0.3, 0.4) is 0 Å². The van der Waals surface area contributed by atoms with Crippen molar-refractivity contribution >= 4 is 23.4 Å². The zero-order chi connectivity index (χ0) is 11.4. The molecule has 1 heterocycles. The molecule has 0 saturated carbocycles. The van der Waals surface area contributed by atoms with E-state index < -0.39 is 11.8 Å². The van der Waals surface area contributed by atoms with Crippen molar-refractivity contribution in [3.8, 4) is 0 Å². The van der Waals surface area contributed by atoms with Crippen molar-refractivity contribution in [2.45, 2.75) is 19.4 Å². The van der Waals surface area contributed by atoms with E-state index in [9.17, 15) is 9.59 Å². The molecule has 1 aromatic heterocycles. The normalized spacial score (nSPS) is 12.1. The molecule has 1 rings (SSSR count). The number of nitrogens with two attached hydrogens (primary N) is 1. The Morgan fingerprint density at radius 3 is 2.73 bits per heavy atom. The minimum Gasteiger partial charge on any atom is -0.440 e. The van der Waals surface area contributed by atoms with Crippen LogP contribution >= 0.6 is 11.6 Å². The largest absolute Gasteiger partial charge is 0.440 e. The molecule has 0 aliphatic rings. The first-order valence-electron chi connectivity index (χ1n) is 4.33. The summed E-state index contributed by atoms with van der Waals surface area (Å²) in [7, 11) is 0. The van der Waals surface area contributed by atoms with Crippen LogP contribution in [0.5, 0.6) is 0 Å². The number of furan rings is 1. The number of rotatable bonds is 4. The Kier molecular flexibility index (Phi) is 3.74. The molecular weight excluding hydrogens is 220 g/mol. The smallest absolute Gasteiger partial charge is 0.287 e. The van der Waals surface area contributed by atoms with E-state index >= 15 is 0 Å². The van der Waals surface area contributed by atoms with E-state index in [0.717, 1.165) is 0 Å². The van der Waals surface area contributed by atoms with E-state index in [1.54, 1.807) is 6.92 Å². The van der Waals surface area contributed by atoms with Gasteiger partial charge >= 0.3 is 0 Å². The second-order valence-electron chi connectivity index (χ2n) is 3.15. The van der Waals surface area contributed by atoms with Crippen molar-refractivity contribution in [1.29, 1.82) is 0 Å². The topological polar surface area (TPSA) is 85.3 Å². The lowest BCUT2D eigenvalue weighted by Crippen LogP contribution is -2.35. The minimum atomic E-state index is -0.472. The summed E-state index contributed by atoms with van der Waals surface area (Å²) in [6.45, 7) is 1.67. The lowest BCUT2D eigenvalue weighted by Gasteiger charge is -2.09. The summed E-state index contributed by atoms with van der Waals surface area (Å²) in [5, 5.41) is 2.69. The Hall–Kier alpha value is -1.49. The molecule has 15 heavy (non-hydrogen) atoms. The molecule has 3 N–H and O–H groups in total. The van der Waals surface area contributed by atoms with E-state index in [-0.39, 0.29) is 23.4 Å². The van der Waals surface area contributed by atoms with Crippen LogP contribution in [0.4, 0.5) is 0 Å². The third-order valence-electron chi connectivity index (χ3n) is 1.68. The lowest BCUT2D eigenvalue weighted by molar-refractivity contribution is -0.118. The number of hydrogen-bond acceptors (Lipinski definition) is 3. The molecule has 0 spiro atoms. The number of carbonyl (C=O) groups excluding carboxylic acids is 2. The number of carbonyl (C=O) groups is 2. The van der Waals surface area contributed by atoms with Crippen LogP contribution in [0.15, 0.2) is 16.5 Å². The van der Waals surface area contributed by atoms with Gasteiger partial charge in [-0.25, -0.2) is 0 Å². The van der Waals surface area contributed by atoms with Crippen LogP contribution in [0.2, 0.25) is 5.22 Å². The molecule has 0 fully saturated rings. The first-order chi connectivity index (χ1) is 6.99. The van der Waals surface area contributed by atoms with Gasteiger partial charge in [0.2, 0.25) is 5.91 Å². The zero-order valence-corrected chi connectivity index (χ0v) is 8.88. The summed E-state index contributed by atoms with van der Waals surface area (Å²) >= 11 is 5.50. The molecule has 0 saturated heterocycles. The summed E-state index contributed by atoms with van der Waals surface area (Å²) in [5.41, 5.74) is 4.98. The fourth-order valence-electron chi connectivity index (χ4n) is 1.08. The number of primary amides is 1. The number of halogens is 1. The van der Waals surface area contributed by atoms with Crippen molar-refractivity contribution in [3.63, 3.8) is 0 Å². The summed E-state index contributed by atoms with van der Waals surface area (Å²) < 4.78 is 4.89. The van der Waals surface area contributed by atoms with Gasteiger partial charge in [-0.15, -0.1) is 0 Å². The lowest BCUT2D eigenvalue weighted by atomic mass is 10.2. The van der Waals surface area contributed by atoms with Crippen molar-refractivity contribution in [2.24, 2.45) is 5.73 Å². The van der Waals surface area contributed by atoms with Gasteiger partial charge in [0.05, 0.1) is 0 Å². The second-order valence-corrected chi connectivity index (χ2v) is 3.52. The highest BCUT2D eigenvalue weighted by atomic mass is 35.5. The Balaban J connectivity index is 2.52. The van der Waals surface area contributed by atoms with Gasteiger partial charge in [0, 0.05) is 12.5 Å². The van der Waals surface area contributed by atoms with Gasteiger partial charge in [0.15, 0.2) is 11.0 Å². The molecule has 0 aliphatic heterocycles. The highest BCUT2D eigenvalue weighted by molar-refractivity contribution is 6.29. The first kappa shape index (κ1) is 11.6. The standard InChI is InChI=1S/C9H11ClN2O3/c1-5(4-8(11)13)12-9(14)6-2-3-7(10)15-6/h2-3,5H,4H2,1H3,(H2,11,13)(H,12,14). The Morgan fingerprint density at radius 1 is 1.60 bits per heavy atom. The van der Waals surface area contributed by atoms with E-state index in [0.29, 0.717) is 0 Å². The maximum atomic E-state index is 11.4. The Labute approximate surface area is 91.6 Å². The molecule has 0 aromatic carbocycles. The predicted molar refractivity (Wildman–Crippen MR) is 54.5 cm³/mol. The van der Waals surface area contributed by atoms with Gasteiger partial charge in [0.25, 0.3) is 5.91 Å². The highest BCUT2D eigenvalue weighted by Gasteiger charge is 2.14. The fraction of sp³-hybridized carbons (Fsp3) is 0.333. The minimum absolute atomic E-state index is 0.0835. The summed E-state index contributed by atoms with van der Waals surface area (Å²) in [5.74, 6) is -0.785. The molecule has 6 heteroatoms. The Bertz CT molecular complexity index is 375. The number of amides is 2. The van der Waals surface area contributed by atoms with Crippen molar-refractivity contribution in [3.05, 3.63) is 23.1 Å². The second kappa shape index (κ2) is 4.84. The maximum absolute atomic E-state index is 11.4. The Morgan fingerprint density at radius 2 is 2.27 bits per heavy atom. The molecule has 0 aliphatic carbocycles. The third kappa shape index (κ3) is 3.63. The van der Waals surface area contributed by atoms with Crippen LogP contribution in [0.1, 0.15) is 23.9 Å². The predicted octanol–water partition coefficient (Wildman–Crippen LogP) is 0.927. The summed E-state index contributed by atoms with van der Waals surface area (Å²) in [6, 6.07) is 2.59. The molecule has 0 bridgehead atoms. The van der Waals surface area contributed by atoms with Gasteiger partial charge < -0.3 is 15.5 Å². The molecule has 1 atom stereocenters. The van der Waals surface area contributed by atoms with Crippen molar-refractivity contribution in [2.75, 3.05) is 0 Å². The molecular formula is C9H11ClN2O3. The quantitative estimate of drug-likeness (QED) is 0.807. The van der Waals surface area contributed by atoms with E-state index in [1.807, 2.05) is 0 Å². The number of hydrogen-bond donors (Lipinski definition) is 2. The SMILES string of the molecule is CC(CC(N)=O)NC(=O)c1ccc(Cl)o1. The van der Waals surface area contributed by atoms with Gasteiger partial charge in [-0.05, 0) is 30.7 Å². The van der Waals surface area contributed by atoms with Crippen LogP contribution in [-0.2, 0) is 4.79 Å². The van der Waals surface area contributed by atoms with Crippen LogP contribution < -0.4 is 11.1 Å². The van der Waals surface area contributed by atoms with Crippen molar-refractivity contribution < 1.29 is 14.0 Å². The molecule has 0 radical (unpaired) electrons. The van der Waals surface area contributed by atoms with E-state index in [4.69, 9.17) is 21.8 Å². The van der Waals surface area contributed by atoms with Gasteiger partial charge in [0.1, 0.15) is 0 Å². The van der Waals surface area contributed by atoms with Crippen molar-refractivity contribution in [1.82, 2.24) is 5.32 Å². The molecule has 2 amide bonds.